The van der Waals surface area contributed by atoms with Gasteiger partial charge in [0.1, 0.15) is 5.78 Å². The van der Waals surface area contributed by atoms with Crippen molar-refractivity contribution in [3.63, 3.8) is 0 Å². The highest BCUT2D eigenvalue weighted by atomic mass is 16.2. The zero-order valence-electron chi connectivity index (χ0n) is 10.7. The van der Waals surface area contributed by atoms with E-state index in [4.69, 9.17) is 0 Å². The fourth-order valence-electron chi connectivity index (χ4n) is 3.11. The van der Waals surface area contributed by atoms with E-state index >= 15 is 0 Å². The van der Waals surface area contributed by atoms with Gasteiger partial charge in [-0.3, -0.25) is 9.59 Å². The summed E-state index contributed by atoms with van der Waals surface area (Å²) in [6.45, 7) is 2.48. The second kappa shape index (κ2) is 4.23. The molecule has 3 heteroatoms. The third-order valence-electron chi connectivity index (χ3n) is 3.79. The summed E-state index contributed by atoms with van der Waals surface area (Å²) < 4.78 is 0. The van der Waals surface area contributed by atoms with Gasteiger partial charge in [-0.15, -0.1) is 0 Å². The summed E-state index contributed by atoms with van der Waals surface area (Å²) in [7, 11) is 0. The van der Waals surface area contributed by atoms with Crippen LogP contribution in [0.4, 0.5) is 5.69 Å². The highest BCUT2D eigenvalue weighted by Gasteiger charge is 2.29. The van der Waals surface area contributed by atoms with E-state index in [1.807, 2.05) is 4.90 Å². The number of hydrogen-bond donors (Lipinski definition) is 0. The molecule has 3 rings (SSSR count). The highest BCUT2D eigenvalue weighted by Crippen LogP contribution is 2.36. The van der Waals surface area contributed by atoms with Gasteiger partial charge in [-0.25, -0.2) is 0 Å². The molecule has 18 heavy (non-hydrogen) atoms. The Morgan fingerprint density at radius 3 is 2.67 bits per heavy atom. The summed E-state index contributed by atoms with van der Waals surface area (Å²) >= 11 is 0. The summed E-state index contributed by atoms with van der Waals surface area (Å²) in [5.41, 5.74) is 4.75. The van der Waals surface area contributed by atoms with Crippen LogP contribution in [0.5, 0.6) is 0 Å². The third-order valence-corrected chi connectivity index (χ3v) is 3.79. The topological polar surface area (TPSA) is 37.4 Å². The van der Waals surface area contributed by atoms with Gasteiger partial charge >= 0.3 is 0 Å². The average molecular weight is 243 g/mol. The molecule has 0 N–H and O–H groups in total. The minimum Gasteiger partial charge on any atom is -0.312 e. The molecule has 0 unspecified atom stereocenters. The monoisotopic (exact) mass is 243 g/mol. The maximum absolute atomic E-state index is 11.9. The number of hydrogen-bond acceptors (Lipinski definition) is 2. The normalized spacial score (nSPS) is 17.6. The van der Waals surface area contributed by atoms with Gasteiger partial charge in [0.25, 0.3) is 0 Å². The molecule has 94 valence electrons. The van der Waals surface area contributed by atoms with Gasteiger partial charge in [0.2, 0.25) is 5.91 Å². The molecule has 0 aliphatic carbocycles. The number of anilines is 1. The summed E-state index contributed by atoms with van der Waals surface area (Å²) in [6, 6.07) is 4.23. The van der Waals surface area contributed by atoms with Crippen molar-refractivity contribution in [1.29, 1.82) is 0 Å². The van der Waals surface area contributed by atoms with E-state index in [0.717, 1.165) is 37.1 Å². The summed E-state index contributed by atoms with van der Waals surface area (Å²) in [4.78, 5) is 25.1. The van der Waals surface area contributed by atoms with E-state index in [1.54, 1.807) is 6.92 Å². The molecule has 0 aromatic heterocycles. The van der Waals surface area contributed by atoms with Crippen LogP contribution in [0, 0.1) is 0 Å². The number of rotatable bonds is 2. The lowest BCUT2D eigenvalue weighted by Gasteiger charge is -2.35. The van der Waals surface area contributed by atoms with Gasteiger partial charge in [0.05, 0.1) is 5.69 Å². The van der Waals surface area contributed by atoms with E-state index in [1.165, 1.54) is 11.1 Å². The van der Waals surface area contributed by atoms with Gasteiger partial charge < -0.3 is 4.90 Å². The van der Waals surface area contributed by atoms with Crippen LogP contribution in [0.15, 0.2) is 12.1 Å². The molecule has 2 aliphatic heterocycles. The second-order valence-electron chi connectivity index (χ2n) is 5.29. The first-order chi connectivity index (χ1) is 8.65. The maximum atomic E-state index is 11.9. The zero-order chi connectivity index (χ0) is 12.7. The minimum absolute atomic E-state index is 0.196. The lowest BCUT2D eigenvalue weighted by molar-refractivity contribution is -0.119. The molecule has 0 spiro atoms. The number of Topliss-reactive ketones (excluding diaryl/α,β-unsaturated/α-hetero) is 1. The second-order valence-corrected chi connectivity index (χ2v) is 5.29. The number of amides is 1. The van der Waals surface area contributed by atoms with Crippen molar-refractivity contribution < 1.29 is 9.59 Å². The van der Waals surface area contributed by atoms with Crippen molar-refractivity contribution in [3.8, 4) is 0 Å². The number of aryl methyl sites for hydroxylation is 2. The Kier molecular flexibility index (Phi) is 2.69. The highest BCUT2D eigenvalue weighted by molar-refractivity contribution is 5.98. The Labute approximate surface area is 107 Å². The van der Waals surface area contributed by atoms with Crippen LogP contribution in [0.25, 0.3) is 0 Å². The van der Waals surface area contributed by atoms with Crippen molar-refractivity contribution in [1.82, 2.24) is 0 Å². The molecule has 0 atom stereocenters. The van der Waals surface area contributed by atoms with E-state index < -0.39 is 0 Å². The largest absolute Gasteiger partial charge is 0.312 e. The molecule has 0 radical (unpaired) electrons. The first-order valence-electron chi connectivity index (χ1n) is 6.59. The summed E-state index contributed by atoms with van der Waals surface area (Å²) in [5.74, 6) is 0.449. The van der Waals surface area contributed by atoms with Crippen LogP contribution in [0.2, 0.25) is 0 Å². The Morgan fingerprint density at radius 2 is 1.94 bits per heavy atom. The average Bonchev–Trinajstić information content (AvgIpc) is 2.33. The van der Waals surface area contributed by atoms with Gasteiger partial charge in [0, 0.05) is 19.4 Å². The van der Waals surface area contributed by atoms with Crippen molar-refractivity contribution in [2.45, 2.75) is 39.0 Å². The van der Waals surface area contributed by atoms with Crippen molar-refractivity contribution >= 4 is 17.4 Å². The SMILES string of the molecule is CC(=O)Cc1cc2c3c(c1)CCC(=O)N3CCC2. The van der Waals surface area contributed by atoms with E-state index in [2.05, 4.69) is 12.1 Å². The number of carbonyl (C=O) groups excluding carboxylic acids is 2. The first kappa shape index (κ1) is 11.5. The van der Waals surface area contributed by atoms with E-state index in [9.17, 15) is 9.59 Å². The maximum Gasteiger partial charge on any atom is 0.227 e. The van der Waals surface area contributed by atoms with Crippen molar-refractivity contribution in [2.75, 3.05) is 11.4 Å². The molecule has 0 saturated carbocycles. The Bertz CT molecular complexity index is 516. The number of nitrogens with zero attached hydrogens (tertiary/aromatic N) is 1. The fraction of sp³-hybridized carbons (Fsp3) is 0.467. The predicted octanol–water partition coefficient (Wildman–Crippen LogP) is 2.04. The third kappa shape index (κ3) is 1.84. The molecule has 2 heterocycles. The first-order valence-corrected chi connectivity index (χ1v) is 6.59. The van der Waals surface area contributed by atoms with Gasteiger partial charge in [-0.05, 0) is 42.9 Å². The molecule has 1 aromatic rings. The minimum atomic E-state index is 0.196. The Balaban J connectivity index is 2.08. The lowest BCUT2D eigenvalue weighted by atomic mass is 9.89. The number of ketones is 1. The smallest absolute Gasteiger partial charge is 0.227 e. The molecule has 3 nitrogen and oxygen atoms in total. The lowest BCUT2D eigenvalue weighted by Crippen LogP contribution is -2.39. The molecule has 0 saturated heterocycles. The standard InChI is InChI=1S/C15H17NO2/c1-10(17)7-11-8-12-3-2-6-16-14(18)5-4-13(9-11)15(12)16/h8-9H,2-7H2,1H3. The molecule has 2 aliphatic rings. The molecular formula is C15H17NO2. The molecule has 1 amide bonds. The van der Waals surface area contributed by atoms with Crippen LogP contribution >= 0.6 is 0 Å². The number of carbonyl (C=O) groups is 2. The van der Waals surface area contributed by atoms with E-state index in [-0.39, 0.29) is 11.7 Å². The number of benzene rings is 1. The van der Waals surface area contributed by atoms with Gasteiger partial charge in [-0.1, -0.05) is 12.1 Å². The summed E-state index contributed by atoms with van der Waals surface area (Å²) in [6.07, 6.45) is 3.99. The Hall–Kier alpha value is -1.64. The molecular weight excluding hydrogens is 226 g/mol. The van der Waals surface area contributed by atoms with Crippen molar-refractivity contribution in [2.24, 2.45) is 0 Å². The van der Waals surface area contributed by atoms with Crippen LogP contribution in [0.3, 0.4) is 0 Å². The van der Waals surface area contributed by atoms with Gasteiger partial charge in [0.15, 0.2) is 0 Å². The van der Waals surface area contributed by atoms with E-state index in [0.29, 0.717) is 12.8 Å². The molecule has 0 bridgehead atoms. The quantitative estimate of drug-likeness (QED) is 0.797. The van der Waals surface area contributed by atoms with Crippen LogP contribution < -0.4 is 4.90 Å². The zero-order valence-corrected chi connectivity index (χ0v) is 10.7. The predicted molar refractivity (Wildman–Crippen MR) is 69.8 cm³/mol. The van der Waals surface area contributed by atoms with Crippen LogP contribution in [-0.2, 0) is 28.9 Å². The van der Waals surface area contributed by atoms with Gasteiger partial charge in [-0.2, -0.15) is 0 Å². The van der Waals surface area contributed by atoms with Crippen LogP contribution in [-0.4, -0.2) is 18.2 Å². The van der Waals surface area contributed by atoms with Crippen molar-refractivity contribution in [3.05, 3.63) is 28.8 Å². The fourth-order valence-corrected chi connectivity index (χ4v) is 3.11. The Morgan fingerprint density at radius 1 is 1.22 bits per heavy atom. The molecule has 1 aromatic carbocycles. The summed E-state index contributed by atoms with van der Waals surface area (Å²) in [5, 5.41) is 0. The van der Waals surface area contributed by atoms with Crippen LogP contribution in [0.1, 0.15) is 36.5 Å². The molecule has 0 fully saturated rings.